The molecule has 1 heterocycles. The van der Waals surface area contributed by atoms with Crippen molar-refractivity contribution in [2.24, 2.45) is 5.92 Å². The van der Waals surface area contributed by atoms with Crippen LogP contribution in [0.1, 0.15) is 30.9 Å². The van der Waals surface area contributed by atoms with Gasteiger partial charge in [-0.05, 0) is 56.6 Å². The van der Waals surface area contributed by atoms with Crippen LogP contribution in [0.2, 0.25) is 0 Å². The van der Waals surface area contributed by atoms with Crippen molar-refractivity contribution >= 4 is 5.91 Å². The number of hydrogen-bond acceptors (Lipinski definition) is 4. The molecule has 2 aromatic rings. The standard InChI is InChI=1S/C23H30N2O3/c1-3-28-21-9-6-7-18(15-21)17-25-13-11-19(12-14-25)23(26)24-16-20-8-4-5-10-22(20)27-2/h4-10,15,19H,3,11-14,16-17H2,1-2H3,(H,24,26). The summed E-state index contributed by atoms with van der Waals surface area (Å²) in [7, 11) is 1.65. The lowest BCUT2D eigenvalue weighted by atomic mass is 9.95. The van der Waals surface area contributed by atoms with E-state index in [-0.39, 0.29) is 11.8 Å². The normalized spacial score (nSPS) is 15.2. The predicted octanol–water partition coefficient (Wildman–Crippen LogP) is 3.62. The van der Waals surface area contributed by atoms with Crippen LogP contribution in [0.5, 0.6) is 11.5 Å². The lowest BCUT2D eigenvalue weighted by Crippen LogP contribution is -2.40. The summed E-state index contributed by atoms with van der Waals surface area (Å²) in [6, 6.07) is 16.1. The molecular weight excluding hydrogens is 352 g/mol. The Morgan fingerprint density at radius 2 is 1.93 bits per heavy atom. The quantitative estimate of drug-likeness (QED) is 0.758. The van der Waals surface area contributed by atoms with E-state index in [1.807, 2.05) is 43.3 Å². The SMILES string of the molecule is CCOc1cccc(CN2CCC(C(=O)NCc3ccccc3OC)CC2)c1. The molecule has 1 aliphatic rings. The number of carbonyl (C=O) groups is 1. The lowest BCUT2D eigenvalue weighted by molar-refractivity contribution is -0.126. The molecule has 1 amide bonds. The Morgan fingerprint density at radius 1 is 1.14 bits per heavy atom. The highest BCUT2D eigenvalue weighted by atomic mass is 16.5. The van der Waals surface area contributed by atoms with Gasteiger partial charge in [0.2, 0.25) is 5.91 Å². The maximum atomic E-state index is 12.6. The molecule has 5 heteroatoms. The Labute approximate surface area is 167 Å². The Balaban J connectivity index is 1.45. The summed E-state index contributed by atoms with van der Waals surface area (Å²) in [6.45, 7) is 5.95. The van der Waals surface area contributed by atoms with Crippen LogP contribution in [0.3, 0.4) is 0 Å². The number of ether oxygens (including phenoxy) is 2. The van der Waals surface area contributed by atoms with Crippen LogP contribution in [0.25, 0.3) is 0 Å². The van der Waals surface area contributed by atoms with Gasteiger partial charge in [-0.1, -0.05) is 30.3 Å². The third-order valence-electron chi connectivity index (χ3n) is 5.22. The van der Waals surface area contributed by atoms with E-state index in [0.717, 1.165) is 49.5 Å². The fourth-order valence-electron chi connectivity index (χ4n) is 3.69. The summed E-state index contributed by atoms with van der Waals surface area (Å²) < 4.78 is 10.9. The molecule has 1 N–H and O–H groups in total. The van der Waals surface area contributed by atoms with Gasteiger partial charge in [-0.3, -0.25) is 9.69 Å². The van der Waals surface area contributed by atoms with Gasteiger partial charge in [0, 0.05) is 24.6 Å². The second kappa shape index (κ2) is 10.1. The van der Waals surface area contributed by atoms with Gasteiger partial charge >= 0.3 is 0 Å². The van der Waals surface area contributed by atoms with Gasteiger partial charge in [0.15, 0.2) is 0 Å². The molecule has 1 fully saturated rings. The first-order chi connectivity index (χ1) is 13.7. The molecule has 3 rings (SSSR count). The zero-order chi connectivity index (χ0) is 19.8. The van der Waals surface area contributed by atoms with Crippen LogP contribution in [-0.4, -0.2) is 37.6 Å². The van der Waals surface area contributed by atoms with Crippen LogP contribution in [0.4, 0.5) is 0 Å². The van der Waals surface area contributed by atoms with Gasteiger partial charge < -0.3 is 14.8 Å². The third-order valence-corrected chi connectivity index (χ3v) is 5.22. The topological polar surface area (TPSA) is 50.8 Å². The lowest BCUT2D eigenvalue weighted by Gasteiger charge is -2.31. The number of rotatable bonds is 8. The van der Waals surface area contributed by atoms with Gasteiger partial charge in [0.05, 0.1) is 13.7 Å². The van der Waals surface area contributed by atoms with Gasteiger partial charge in [0.25, 0.3) is 0 Å². The third kappa shape index (κ3) is 5.49. The van der Waals surface area contributed by atoms with Gasteiger partial charge in [-0.2, -0.15) is 0 Å². The minimum Gasteiger partial charge on any atom is -0.496 e. The molecule has 2 aromatic carbocycles. The Bertz CT molecular complexity index is 770. The van der Waals surface area contributed by atoms with E-state index in [2.05, 4.69) is 22.3 Å². The van der Waals surface area contributed by atoms with Gasteiger partial charge in [-0.15, -0.1) is 0 Å². The molecule has 1 aliphatic heterocycles. The Hall–Kier alpha value is -2.53. The summed E-state index contributed by atoms with van der Waals surface area (Å²) in [5.41, 5.74) is 2.26. The molecule has 0 spiro atoms. The highest BCUT2D eigenvalue weighted by Crippen LogP contribution is 2.22. The van der Waals surface area contributed by atoms with Crippen molar-refractivity contribution in [2.45, 2.75) is 32.9 Å². The largest absolute Gasteiger partial charge is 0.496 e. The number of benzene rings is 2. The van der Waals surface area contributed by atoms with E-state index in [0.29, 0.717) is 13.2 Å². The fraction of sp³-hybridized carbons (Fsp3) is 0.435. The first-order valence-corrected chi connectivity index (χ1v) is 10.0. The zero-order valence-corrected chi connectivity index (χ0v) is 16.8. The second-order valence-corrected chi connectivity index (χ2v) is 7.16. The molecular formula is C23H30N2O3. The fourth-order valence-corrected chi connectivity index (χ4v) is 3.69. The molecule has 0 saturated carbocycles. The zero-order valence-electron chi connectivity index (χ0n) is 16.8. The maximum Gasteiger partial charge on any atom is 0.223 e. The number of nitrogens with zero attached hydrogens (tertiary/aromatic N) is 1. The summed E-state index contributed by atoms with van der Waals surface area (Å²) in [6.07, 6.45) is 1.78. The van der Waals surface area contributed by atoms with Crippen LogP contribution in [0.15, 0.2) is 48.5 Å². The first kappa shape index (κ1) is 20.2. The molecule has 0 aromatic heterocycles. The molecule has 5 nitrogen and oxygen atoms in total. The van der Waals surface area contributed by atoms with E-state index in [1.54, 1.807) is 7.11 Å². The maximum absolute atomic E-state index is 12.6. The van der Waals surface area contributed by atoms with Crippen molar-refractivity contribution in [1.29, 1.82) is 0 Å². The molecule has 0 radical (unpaired) electrons. The number of para-hydroxylation sites is 1. The van der Waals surface area contributed by atoms with E-state index in [9.17, 15) is 4.79 Å². The number of likely N-dealkylation sites (tertiary alicyclic amines) is 1. The predicted molar refractivity (Wildman–Crippen MR) is 110 cm³/mol. The highest BCUT2D eigenvalue weighted by molar-refractivity contribution is 5.78. The van der Waals surface area contributed by atoms with Crippen molar-refractivity contribution in [3.8, 4) is 11.5 Å². The van der Waals surface area contributed by atoms with Crippen molar-refractivity contribution in [2.75, 3.05) is 26.8 Å². The minimum atomic E-state index is 0.0840. The number of nitrogens with one attached hydrogen (secondary N) is 1. The van der Waals surface area contributed by atoms with E-state index < -0.39 is 0 Å². The molecule has 28 heavy (non-hydrogen) atoms. The first-order valence-electron chi connectivity index (χ1n) is 10.0. The van der Waals surface area contributed by atoms with E-state index in [4.69, 9.17) is 9.47 Å². The number of carbonyl (C=O) groups excluding carboxylic acids is 1. The second-order valence-electron chi connectivity index (χ2n) is 7.16. The van der Waals surface area contributed by atoms with Crippen molar-refractivity contribution in [3.63, 3.8) is 0 Å². The van der Waals surface area contributed by atoms with Crippen LogP contribution >= 0.6 is 0 Å². The average molecular weight is 383 g/mol. The summed E-state index contributed by atoms with van der Waals surface area (Å²) >= 11 is 0. The number of hydrogen-bond donors (Lipinski definition) is 1. The smallest absolute Gasteiger partial charge is 0.223 e. The number of methoxy groups -OCH3 is 1. The van der Waals surface area contributed by atoms with Crippen molar-refractivity contribution in [3.05, 3.63) is 59.7 Å². The monoisotopic (exact) mass is 382 g/mol. The Kier molecular flexibility index (Phi) is 7.31. The summed E-state index contributed by atoms with van der Waals surface area (Å²) in [5, 5.41) is 3.08. The van der Waals surface area contributed by atoms with E-state index >= 15 is 0 Å². The summed E-state index contributed by atoms with van der Waals surface area (Å²) in [4.78, 5) is 15.0. The minimum absolute atomic E-state index is 0.0840. The van der Waals surface area contributed by atoms with Crippen LogP contribution in [-0.2, 0) is 17.9 Å². The van der Waals surface area contributed by atoms with Gasteiger partial charge in [0.1, 0.15) is 11.5 Å². The number of amides is 1. The molecule has 0 bridgehead atoms. The molecule has 0 aliphatic carbocycles. The molecule has 150 valence electrons. The van der Waals surface area contributed by atoms with Gasteiger partial charge in [-0.25, -0.2) is 0 Å². The molecule has 1 saturated heterocycles. The molecule has 0 unspecified atom stereocenters. The Morgan fingerprint density at radius 3 is 2.68 bits per heavy atom. The summed E-state index contributed by atoms with van der Waals surface area (Å²) in [5.74, 6) is 1.96. The van der Waals surface area contributed by atoms with Crippen molar-refractivity contribution < 1.29 is 14.3 Å². The van der Waals surface area contributed by atoms with E-state index in [1.165, 1.54) is 5.56 Å². The number of piperidine rings is 1. The van der Waals surface area contributed by atoms with Crippen molar-refractivity contribution in [1.82, 2.24) is 10.2 Å². The highest BCUT2D eigenvalue weighted by Gasteiger charge is 2.25. The van der Waals surface area contributed by atoms with Crippen LogP contribution < -0.4 is 14.8 Å². The molecule has 0 atom stereocenters. The average Bonchev–Trinajstić information content (AvgIpc) is 2.73. The van der Waals surface area contributed by atoms with Crippen LogP contribution in [0, 0.1) is 5.92 Å².